The molecule has 0 spiro atoms. The lowest BCUT2D eigenvalue weighted by Crippen LogP contribution is -2.49. The molecule has 3 rings (SSSR count). The zero-order valence-corrected chi connectivity index (χ0v) is 14.0. The molecule has 1 N–H and O–H groups in total. The topological polar surface area (TPSA) is 15.3 Å². The molecule has 2 aliphatic heterocycles. The van der Waals surface area contributed by atoms with Gasteiger partial charge in [-0.15, -0.1) is 0 Å². The van der Waals surface area contributed by atoms with E-state index in [-0.39, 0.29) is 0 Å². The van der Waals surface area contributed by atoms with Gasteiger partial charge in [0.25, 0.3) is 0 Å². The van der Waals surface area contributed by atoms with Crippen molar-refractivity contribution in [2.45, 2.75) is 71.4 Å². The van der Waals surface area contributed by atoms with Crippen molar-refractivity contribution in [1.29, 1.82) is 0 Å². The average Bonchev–Trinajstić information content (AvgIpc) is 2.83. The van der Waals surface area contributed by atoms with Crippen LogP contribution in [0, 0.1) is 23.7 Å². The Morgan fingerprint density at radius 3 is 2.55 bits per heavy atom. The molecule has 2 heterocycles. The minimum atomic E-state index is 0.413. The molecule has 3 aliphatic rings. The van der Waals surface area contributed by atoms with E-state index in [0.717, 1.165) is 29.7 Å². The lowest BCUT2D eigenvalue weighted by atomic mass is 9.84. The van der Waals surface area contributed by atoms with Crippen LogP contribution in [0.15, 0.2) is 0 Å². The fourth-order valence-corrected chi connectivity index (χ4v) is 5.36. The van der Waals surface area contributed by atoms with Crippen LogP contribution in [-0.4, -0.2) is 36.1 Å². The molecule has 116 valence electrons. The molecule has 1 aliphatic carbocycles. The van der Waals surface area contributed by atoms with Crippen LogP contribution in [0.2, 0.25) is 0 Å². The third-order valence-corrected chi connectivity index (χ3v) is 6.79. The number of fused-ring (bicyclic) bond motifs is 1. The fraction of sp³-hybridized carbons (Fsp3) is 1.00. The molecule has 4 unspecified atom stereocenters. The molecule has 20 heavy (non-hydrogen) atoms. The summed E-state index contributed by atoms with van der Waals surface area (Å²) in [5, 5.41) is 3.61. The van der Waals surface area contributed by atoms with Crippen LogP contribution in [0.3, 0.4) is 0 Å². The van der Waals surface area contributed by atoms with Gasteiger partial charge >= 0.3 is 0 Å². The van der Waals surface area contributed by atoms with Crippen LogP contribution in [0.5, 0.6) is 0 Å². The first-order chi connectivity index (χ1) is 9.50. The molecular weight excluding hydrogens is 244 g/mol. The molecule has 0 bridgehead atoms. The van der Waals surface area contributed by atoms with Gasteiger partial charge in [-0.25, -0.2) is 0 Å². The predicted molar refractivity (Wildman–Crippen MR) is 85.8 cm³/mol. The van der Waals surface area contributed by atoms with Gasteiger partial charge in [-0.2, -0.15) is 0 Å². The van der Waals surface area contributed by atoms with Crippen LogP contribution >= 0.6 is 0 Å². The number of rotatable bonds is 2. The van der Waals surface area contributed by atoms with Gasteiger partial charge in [0, 0.05) is 24.7 Å². The van der Waals surface area contributed by atoms with Crippen LogP contribution in [-0.2, 0) is 0 Å². The van der Waals surface area contributed by atoms with Crippen molar-refractivity contribution in [2.75, 3.05) is 19.6 Å². The fourth-order valence-electron chi connectivity index (χ4n) is 5.36. The normalized spacial score (nSPS) is 41.9. The van der Waals surface area contributed by atoms with Crippen LogP contribution in [0.25, 0.3) is 0 Å². The summed E-state index contributed by atoms with van der Waals surface area (Å²) in [6.45, 7) is 13.7. The molecule has 3 fully saturated rings. The highest BCUT2D eigenvalue weighted by Gasteiger charge is 2.51. The summed E-state index contributed by atoms with van der Waals surface area (Å²) >= 11 is 0. The summed E-state index contributed by atoms with van der Waals surface area (Å²) in [5.41, 5.74) is 0.413. The first-order valence-corrected chi connectivity index (χ1v) is 8.97. The van der Waals surface area contributed by atoms with E-state index in [2.05, 4.69) is 37.9 Å². The van der Waals surface area contributed by atoms with E-state index in [4.69, 9.17) is 0 Å². The van der Waals surface area contributed by atoms with Gasteiger partial charge in [0.15, 0.2) is 0 Å². The van der Waals surface area contributed by atoms with E-state index in [1.165, 1.54) is 51.7 Å². The Morgan fingerprint density at radius 2 is 1.85 bits per heavy atom. The van der Waals surface area contributed by atoms with E-state index in [9.17, 15) is 0 Å². The number of nitrogens with zero attached hydrogens (tertiary/aromatic N) is 1. The van der Waals surface area contributed by atoms with Gasteiger partial charge in [0.05, 0.1) is 0 Å². The first-order valence-electron chi connectivity index (χ1n) is 8.97. The van der Waals surface area contributed by atoms with Crippen molar-refractivity contribution >= 4 is 0 Å². The maximum absolute atomic E-state index is 3.61. The maximum atomic E-state index is 3.61. The Kier molecular flexibility index (Phi) is 4.16. The number of nitrogens with one attached hydrogen (secondary N) is 1. The SMILES string of the molecule is CC(C)C1CCCC(N2CC3CNCC3C2(C)C)CC1. The van der Waals surface area contributed by atoms with Crippen molar-refractivity contribution in [3.05, 3.63) is 0 Å². The number of hydrogen-bond donors (Lipinski definition) is 1. The van der Waals surface area contributed by atoms with E-state index >= 15 is 0 Å². The summed E-state index contributed by atoms with van der Waals surface area (Å²) in [6.07, 6.45) is 7.27. The van der Waals surface area contributed by atoms with Crippen molar-refractivity contribution in [2.24, 2.45) is 23.7 Å². The van der Waals surface area contributed by atoms with E-state index in [1.807, 2.05) is 0 Å². The molecule has 0 aromatic heterocycles. The summed E-state index contributed by atoms with van der Waals surface area (Å²) < 4.78 is 0. The first kappa shape index (κ1) is 14.8. The van der Waals surface area contributed by atoms with Gasteiger partial charge in [0.2, 0.25) is 0 Å². The minimum Gasteiger partial charge on any atom is -0.316 e. The smallest absolute Gasteiger partial charge is 0.0200 e. The summed E-state index contributed by atoms with van der Waals surface area (Å²) in [5.74, 6) is 3.65. The Balaban J connectivity index is 1.67. The molecule has 0 radical (unpaired) electrons. The largest absolute Gasteiger partial charge is 0.316 e. The minimum absolute atomic E-state index is 0.413. The number of likely N-dealkylation sites (tertiary alicyclic amines) is 1. The second kappa shape index (κ2) is 5.61. The van der Waals surface area contributed by atoms with Gasteiger partial charge in [-0.3, -0.25) is 4.90 Å². The van der Waals surface area contributed by atoms with Crippen LogP contribution < -0.4 is 5.32 Å². The van der Waals surface area contributed by atoms with Gasteiger partial charge in [-0.1, -0.05) is 26.7 Å². The maximum Gasteiger partial charge on any atom is 0.0200 e. The van der Waals surface area contributed by atoms with E-state index in [1.54, 1.807) is 0 Å². The highest BCUT2D eigenvalue weighted by molar-refractivity contribution is 5.06. The van der Waals surface area contributed by atoms with Gasteiger partial charge in [-0.05, 0) is 63.3 Å². The van der Waals surface area contributed by atoms with Crippen LogP contribution in [0.4, 0.5) is 0 Å². The molecule has 0 aromatic rings. The second-order valence-corrected chi connectivity index (χ2v) is 8.50. The van der Waals surface area contributed by atoms with E-state index in [0.29, 0.717) is 5.54 Å². The summed E-state index contributed by atoms with van der Waals surface area (Å²) in [6, 6.07) is 0.861. The number of hydrogen-bond acceptors (Lipinski definition) is 2. The summed E-state index contributed by atoms with van der Waals surface area (Å²) in [4.78, 5) is 2.91. The Labute approximate surface area is 125 Å². The standard InChI is InChI=1S/C18H34N2/c1-13(2)14-6-5-7-16(9-8-14)20-12-15-10-19-11-17(15)18(20,3)4/h13-17,19H,5-12H2,1-4H3. The van der Waals surface area contributed by atoms with Crippen LogP contribution in [0.1, 0.15) is 59.8 Å². The molecule has 2 saturated heterocycles. The quantitative estimate of drug-likeness (QED) is 0.778. The molecule has 0 amide bonds. The Morgan fingerprint density at radius 1 is 1.05 bits per heavy atom. The third kappa shape index (κ3) is 2.54. The van der Waals surface area contributed by atoms with Crippen molar-refractivity contribution < 1.29 is 0 Å². The predicted octanol–water partition coefficient (Wildman–Crippen LogP) is 3.52. The van der Waals surface area contributed by atoms with Gasteiger partial charge < -0.3 is 5.32 Å². The highest BCUT2D eigenvalue weighted by atomic mass is 15.3. The monoisotopic (exact) mass is 278 g/mol. The van der Waals surface area contributed by atoms with Crippen molar-refractivity contribution in [3.8, 4) is 0 Å². The Hall–Kier alpha value is -0.0800. The highest BCUT2D eigenvalue weighted by Crippen LogP contribution is 2.44. The molecular formula is C18H34N2. The molecule has 2 heteroatoms. The van der Waals surface area contributed by atoms with Crippen molar-refractivity contribution in [3.63, 3.8) is 0 Å². The average molecular weight is 278 g/mol. The Bertz CT molecular complexity index is 336. The molecule has 0 aromatic carbocycles. The lowest BCUT2D eigenvalue weighted by molar-refractivity contribution is 0.0791. The van der Waals surface area contributed by atoms with Crippen molar-refractivity contribution in [1.82, 2.24) is 10.2 Å². The lowest BCUT2D eigenvalue weighted by Gasteiger charge is -2.41. The second-order valence-electron chi connectivity index (χ2n) is 8.50. The van der Waals surface area contributed by atoms with E-state index < -0.39 is 0 Å². The molecule has 4 atom stereocenters. The molecule has 2 nitrogen and oxygen atoms in total. The summed E-state index contributed by atoms with van der Waals surface area (Å²) in [7, 11) is 0. The zero-order chi connectivity index (χ0) is 14.3. The van der Waals surface area contributed by atoms with Gasteiger partial charge in [0.1, 0.15) is 0 Å². The zero-order valence-electron chi connectivity index (χ0n) is 14.0. The third-order valence-electron chi connectivity index (χ3n) is 6.79. The molecule has 1 saturated carbocycles.